The maximum atomic E-state index is 11.9. The number of thiazole rings is 1. The van der Waals surface area contributed by atoms with E-state index < -0.39 is 5.97 Å². The van der Waals surface area contributed by atoms with Crippen LogP contribution in [0.4, 0.5) is 5.69 Å². The van der Waals surface area contributed by atoms with Gasteiger partial charge in [0.15, 0.2) is 0 Å². The molecule has 2 aromatic rings. The average molecular weight is 290 g/mol. The lowest BCUT2D eigenvalue weighted by atomic mass is 10.3. The van der Waals surface area contributed by atoms with E-state index in [4.69, 9.17) is 5.11 Å². The zero-order chi connectivity index (χ0) is 14.5. The van der Waals surface area contributed by atoms with Gasteiger partial charge < -0.3 is 10.4 Å². The molecule has 0 unspecified atom stereocenters. The minimum atomic E-state index is -0.892. The zero-order valence-corrected chi connectivity index (χ0v) is 11.7. The highest BCUT2D eigenvalue weighted by Gasteiger charge is 2.13. The third-order valence-electron chi connectivity index (χ3n) is 2.62. The second-order valence-corrected chi connectivity index (χ2v) is 5.45. The number of rotatable bonds is 5. The number of aryl methyl sites for hydroxylation is 1. The Labute approximate surface area is 120 Å². The van der Waals surface area contributed by atoms with E-state index in [-0.39, 0.29) is 18.7 Å². The highest BCUT2D eigenvalue weighted by Crippen LogP contribution is 2.19. The molecule has 0 bridgehead atoms. The summed E-state index contributed by atoms with van der Waals surface area (Å²) in [6.07, 6.45) is 0.101. The fraction of sp³-hybridized carbons (Fsp3) is 0.214. The standard InChI is InChI=1S/C14H14N2O3S/c1-9-11(7-14(18)19)20-13(15-9)8-12(17)16-10-5-3-2-4-6-10/h2-6H,7-8H2,1H3,(H,16,17)(H,18,19). The van der Waals surface area contributed by atoms with Gasteiger partial charge in [0, 0.05) is 10.6 Å². The number of carboxylic acids is 1. The Hall–Kier alpha value is -2.21. The van der Waals surface area contributed by atoms with E-state index in [1.165, 1.54) is 11.3 Å². The molecule has 0 saturated carbocycles. The number of hydrogen-bond acceptors (Lipinski definition) is 4. The second-order valence-electron chi connectivity index (χ2n) is 4.28. The van der Waals surface area contributed by atoms with E-state index in [9.17, 15) is 9.59 Å². The SMILES string of the molecule is Cc1nc(CC(=O)Nc2ccccc2)sc1CC(=O)O. The number of aromatic nitrogens is 1. The van der Waals surface area contributed by atoms with Crippen LogP contribution in [0.15, 0.2) is 30.3 Å². The van der Waals surface area contributed by atoms with Crippen LogP contribution < -0.4 is 5.32 Å². The summed E-state index contributed by atoms with van der Waals surface area (Å²) in [6.45, 7) is 1.76. The minimum Gasteiger partial charge on any atom is -0.481 e. The quantitative estimate of drug-likeness (QED) is 0.885. The van der Waals surface area contributed by atoms with Crippen LogP contribution in [0.2, 0.25) is 0 Å². The van der Waals surface area contributed by atoms with Crippen molar-refractivity contribution in [2.45, 2.75) is 19.8 Å². The molecule has 104 valence electrons. The molecule has 5 nitrogen and oxygen atoms in total. The number of hydrogen-bond donors (Lipinski definition) is 2. The smallest absolute Gasteiger partial charge is 0.308 e. The van der Waals surface area contributed by atoms with E-state index in [0.717, 1.165) is 5.69 Å². The number of amides is 1. The van der Waals surface area contributed by atoms with Gasteiger partial charge in [-0.05, 0) is 19.1 Å². The third-order valence-corrected chi connectivity index (χ3v) is 3.78. The topological polar surface area (TPSA) is 79.3 Å². The van der Waals surface area contributed by atoms with Gasteiger partial charge in [0.05, 0.1) is 18.5 Å². The van der Waals surface area contributed by atoms with Crippen LogP contribution >= 0.6 is 11.3 Å². The Morgan fingerprint density at radius 3 is 2.60 bits per heavy atom. The lowest BCUT2D eigenvalue weighted by molar-refractivity contribution is -0.136. The predicted octanol–water partition coefficient (Wildman–Crippen LogP) is 2.26. The van der Waals surface area contributed by atoms with Crippen LogP contribution in [0.25, 0.3) is 0 Å². The lowest BCUT2D eigenvalue weighted by Gasteiger charge is -2.02. The molecule has 0 saturated heterocycles. The molecule has 1 aromatic carbocycles. The number of benzene rings is 1. The van der Waals surface area contributed by atoms with Crippen molar-refractivity contribution in [2.75, 3.05) is 5.32 Å². The molecule has 6 heteroatoms. The summed E-state index contributed by atoms with van der Waals surface area (Å²) >= 11 is 1.27. The van der Waals surface area contributed by atoms with Crippen LogP contribution in [0.1, 0.15) is 15.6 Å². The normalized spacial score (nSPS) is 10.2. The lowest BCUT2D eigenvalue weighted by Crippen LogP contribution is -2.14. The van der Waals surface area contributed by atoms with Gasteiger partial charge in [-0.2, -0.15) is 0 Å². The van der Waals surface area contributed by atoms with Gasteiger partial charge in [-0.15, -0.1) is 11.3 Å². The van der Waals surface area contributed by atoms with Crippen molar-refractivity contribution in [3.63, 3.8) is 0 Å². The highest BCUT2D eigenvalue weighted by atomic mass is 32.1. The van der Waals surface area contributed by atoms with Crippen LogP contribution in [0, 0.1) is 6.92 Å². The van der Waals surface area contributed by atoms with Crippen LogP contribution in [-0.4, -0.2) is 22.0 Å². The number of nitrogens with zero attached hydrogens (tertiary/aromatic N) is 1. The van der Waals surface area contributed by atoms with Crippen molar-refractivity contribution in [1.29, 1.82) is 0 Å². The molecule has 0 aliphatic rings. The molecular formula is C14H14N2O3S. The van der Waals surface area contributed by atoms with Gasteiger partial charge in [-0.1, -0.05) is 18.2 Å². The van der Waals surface area contributed by atoms with Crippen molar-refractivity contribution in [3.05, 3.63) is 45.9 Å². The molecule has 2 N–H and O–H groups in total. The molecule has 0 aliphatic carbocycles. The van der Waals surface area contributed by atoms with Crippen molar-refractivity contribution < 1.29 is 14.7 Å². The van der Waals surface area contributed by atoms with Gasteiger partial charge in [-0.3, -0.25) is 9.59 Å². The molecule has 0 radical (unpaired) electrons. The summed E-state index contributed by atoms with van der Waals surface area (Å²) in [5, 5.41) is 12.2. The first-order valence-electron chi connectivity index (χ1n) is 6.06. The first-order valence-corrected chi connectivity index (χ1v) is 6.88. The summed E-state index contributed by atoms with van der Waals surface area (Å²) in [4.78, 5) is 27.5. The summed E-state index contributed by atoms with van der Waals surface area (Å²) in [5.74, 6) is -1.05. The van der Waals surface area contributed by atoms with E-state index in [0.29, 0.717) is 15.6 Å². The number of carboxylic acid groups (broad SMARTS) is 1. The summed E-state index contributed by atoms with van der Waals surface area (Å²) < 4.78 is 0. The number of carbonyl (C=O) groups is 2. The number of carbonyl (C=O) groups excluding carboxylic acids is 1. The van der Waals surface area contributed by atoms with Gasteiger partial charge in [0.2, 0.25) is 5.91 Å². The Morgan fingerprint density at radius 1 is 1.25 bits per heavy atom. The van der Waals surface area contributed by atoms with Gasteiger partial charge in [0.25, 0.3) is 0 Å². The first kappa shape index (κ1) is 14.2. The molecule has 2 rings (SSSR count). The zero-order valence-electron chi connectivity index (χ0n) is 10.9. The largest absolute Gasteiger partial charge is 0.481 e. The summed E-state index contributed by atoms with van der Waals surface area (Å²) in [5.41, 5.74) is 1.41. The molecule has 0 atom stereocenters. The molecule has 1 heterocycles. The second kappa shape index (κ2) is 6.29. The van der Waals surface area contributed by atoms with Crippen molar-refractivity contribution in [1.82, 2.24) is 4.98 Å². The fourth-order valence-corrected chi connectivity index (χ4v) is 2.79. The Kier molecular flexibility index (Phi) is 4.47. The van der Waals surface area contributed by atoms with Gasteiger partial charge in [0.1, 0.15) is 5.01 Å². The maximum Gasteiger partial charge on any atom is 0.308 e. The molecule has 0 spiro atoms. The van der Waals surface area contributed by atoms with Crippen LogP contribution in [0.5, 0.6) is 0 Å². The molecule has 1 aromatic heterocycles. The van der Waals surface area contributed by atoms with E-state index >= 15 is 0 Å². The highest BCUT2D eigenvalue weighted by molar-refractivity contribution is 7.12. The minimum absolute atomic E-state index is 0.0518. The maximum absolute atomic E-state index is 11.9. The summed E-state index contributed by atoms with van der Waals surface area (Å²) in [6, 6.07) is 9.17. The van der Waals surface area contributed by atoms with Gasteiger partial charge in [-0.25, -0.2) is 4.98 Å². The van der Waals surface area contributed by atoms with E-state index in [1.54, 1.807) is 19.1 Å². The van der Waals surface area contributed by atoms with Crippen LogP contribution in [-0.2, 0) is 22.4 Å². The molecule has 1 amide bonds. The third kappa shape index (κ3) is 3.89. The van der Waals surface area contributed by atoms with Gasteiger partial charge >= 0.3 is 5.97 Å². The molecule has 20 heavy (non-hydrogen) atoms. The van der Waals surface area contributed by atoms with Crippen molar-refractivity contribution in [2.24, 2.45) is 0 Å². The average Bonchev–Trinajstić information content (AvgIpc) is 2.69. The molecule has 0 fully saturated rings. The molecular weight excluding hydrogens is 276 g/mol. The molecule has 0 aliphatic heterocycles. The summed E-state index contributed by atoms with van der Waals surface area (Å²) in [7, 11) is 0. The van der Waals surface area contributed by atoms with Crippen molar-refractivity contribution in [3.8, 4) is 0 Å². The monoisotopic (exact) mass is 290 g/mol. The van der Waals surface area contributed by atoms with E-state index in [2.05, 4.69) is 10.3 Å². The number of aliphatic carboxylic acids is 1. The van der Waals surface area contributed by atoms with Crippen LogP contribution in [0.3, 0.4) is 0 Å². The predicted molar refractivity (Wildman–Crippen MR) is 77.0 cm³/mol. The fourth-order valence-electron chi connectivity index (χ4n) is 1.73. The van der Waals surface area contributed by atoms with E-state index in [1.807, 2.05) is 18.2 Å². The number of anilines is 1. The Bertz CT molecular complexity index is 623. The first-order chi connectivity index (χ1) is 9.54. The Morgan fingerprint density at radius 2 is 1.95 bits per heavy atom. The number of para-hydroxylation sites is 1. The Balaban J connectivity index is 1.99. The van der Waals surface area contributed by atoms with Crippen molar-refractivity contribution >= 4 is 28.9 Å². The number of nitrogens with one attached hydrogen (secondary N) is 1.